The second kappa shape index (κ2) is 8.03. The Morgan fingerprint density at radius 2 is 2.00 bits per heavy atom. The summed E-state index contributed by atoms with van der Waals surface area (Å²) >= 11 is 0. The minimum absolute atomic E-state index is 0.130. The van der Waals surface area contributed by atoms with Crippen LogP contribution in [0.25, 0.3) is 0 Å². The Balaban J connectivity index is 1.75. The van der Waals surface area contributed by atoms with E-state index in [1.165, 1.54) is 12.1 Å². The molecule has 1 aromatic carbocycles. The number of halogens is 1. The van der Waals surface area contributed by atoms with Crippen LogP contribution in [0, 0.1) is 5.82 Å². The lowest BCUT2D eigenvalue weighted by Gasteiger charge is -2.37. The molecule has 2 amide bonds. The summed E-state index contributed by atoms with van der Waals surface area (Å²) in [6, 6.07) is 9.53. The van der Waals surface area contributed by atoms with Gasteiger partial charge in [0.15, 0.2) is 0 Å². The average Bonchev–Trinajstić information content (AvgIpc) is 3.10. The summed E-state index contributed by atoms with van der Waals surface area (Å²) in [4.78, 5) is 25.8. The molecule has 3 rings (SSSR count). The maximum Gasteiger partial charge on any atom is 0.318 e. The highest BCUT2D eigenvalue weighted by atomic mass is 19.1. The van der Waals surface area contributed by atoms with E-state index >= 15 is 0 Å². The molecule has 0 radical (unpaired) electrons. The zero-order valence-corrected chi connectivity index (χ0v) is 14.7. The highest BCUT2D eigenvalue weighted by Crippen LogP contribution is 2.32. The SMILES string of the molecule is CCOC(=O)CCNC(=O)N1CCn2cccc2[C@H]1c1ccc(F)cc1. The highest BCUT2D eigenvalue weighted by Gasteiger charge is 2.32. The molecule has 0 saturated carbocycles. The fourth-order valence-corrected chi connectivity index (χ4v) is 3.20. The van der Waals surface area contributed by atoms with Gasteiger partial charge >= 0.3 is 12.0 Å². The number of nitrogens with zero attached hydrogens (tertiary/aromatic N) is 2. The summed E-state index contributed by atoms with van der Waals surface area (Å²) in [7, 11) is 0. The molecule has 0 spiro atoms. The van der Waals surface area contributed by atoms with E-state index in [1.807, 2.05) is 18.3 Å². The smallest absolute Gasteiger partial charge is 0.318 e. The Morgan fingerprint density at radius 1 is 1.23 bits per heavy atom. The van der Waals surface area contributed by atoms with Gasteiger partial charge in [0.05, 0.1) is 19.1 Å². The van der Waals surface area contributed by atoms with Gasteiger partial charge in [-0.1, -0.05) is 12.1 Å². The van der Waals surface area contributed by atoms with Gasteiger partial charge < -0.3 is 19.5 Å². The number of aromatic nitrogens is 1. The zero-order valence-electron chi connectivity index (χ0n) is 14.7. The summed E-state index contributed by atoms with van der Waals surface area (Å²) in [6.07, 6.45) is 2.10. The van der Waals surface area contributed by atoms with Gasteiger partial charge in [0.1, 0.15) is 5.82 Å². The quantitative estimate of drug-likeness (QED) is 0.835. The molecule has 2 heterocycles. The molecule has 26 heavy (non-hydrogen) atoms. The first kappa shape index (κ1) is 18.0. The van der Waals surface area contributed by atoms with Crippen LogP contribution in [-0.2, 0) is 16.1 Å². The van der Waals surface area contributed by atoms with E-state index in [0.29, 0.717) is 19.7 Å². The number of nitrogens with one attached hydrogen (secondary N) is 1. The number of carbonyl (C=O) groups is 2. The average molecular weight is 359 g/mol. The highest BCUT2D eigenvalue weighted by molar-refractivity contribution is 5.76. The molecule has 1 aliphatic heterocycles. The number of urea groups is 1. The van der Waals surface area contributed by atoms with Crippen LogP contribution < -0.4 is 5.32 Å². The fourth-order valence-electron chi connectivity index (χ4n) is 3.20. The molecule has 0 saturated heterocycles. The molecule has 1 atom stereocenters. The summed E-state index contributed by atoms with van der Waals surface area (Å²) < 4.78 is 20.3. The van der Waals surface area contributed by atoms with Crippen LogP contribution >= 0.6 is 0 Å². The normalized spacial score (nSPS) is 16.1. The first-order valence-electron chi connectivity index (χ1n) is 8.70. The van der Waals surface area contributed by atoms with Crippen LogP contribution in [0.5, 0.6) is 0 Å². The molecule has 0 fully saturated rings. The molecule has 0 bridgehead atoms. The Morgan fingerprint density at radius 3 is 2.73 bits per heavy atom. The minimum Gasteiger partial charge on any atom is -0.466 e. The van der Waals surface area contributed by atoms with Crippen LogP contribution in [0.1, 0.15) is 30.6 Å². The third-order valence-electron chi connectivity index (χ3n) is 4.40. The van der Waals surface area contributed by atoms with Gasteiger partial charge in [-0.15, -0.1) is 0 Å². The fraction of sp³-hybridized carbons (Fsp3) is 0.368. The van der Waals surface area contributed by atoms with Crippen molar-refractivity contribution in [2.45, 2.75) is 25.9 Å². The van der Waals surface area contributed by atoms with Gasteiger partial charge in [-0.2, -0.15) is 0 Å². The number of fused-ring (bicyclic) bond motifs is 1. The molecule has 2 aromatic rings. The van der Waals surface area contributed by atoms with E-state index < -0.39 is 0 Å². The van der Waals surface area contributed by atoms with Gasteiger partial charge in [0.2, 0.25) is 0 Å². The predicted octanol–water partition coefficient (Wildman–Crippen LogP) is 2.70. The summed E-state index contributed by atoms with van der Waals surface area (Å²) in [5.74, 6) is -0.652. The Bertz CT molecular complexity index is 773. The van der Waals surface area contributed by atoms with E-state index in [4.69, 9.17) is 4.74 Å². The molecule has 6 nitrogen and oxygen atoms in total. The van der Waals surface area contributed by atoms with Crippen LogP contribution in [0.4, 0.5) is 9.18 Å². The molecule has 1 N–H and O–H groups in total. The van der Waals surface area contributed by atoms with Crippen molar-refractivity contribution < 1.29 is 18.7 Å². The number of benzene rings is 1. The third-order valence-corrected chi connectivity index (χ3v) is 4.40. The van der Waals surface area contributed by atoms with Gasteiger partial charge in [0, 0.05) is 31.5 Å². The minimum atomic E-state index is -0.338. The number of hydrogen-bond donors (Lipinski definition) is 1. The Hall–Kier alpha value is -2.83. The molecular formula is C19H22FN3O3. The van der Waals surface area contributed by atoms with Crippen LogP contribution in [-0.4, -0.2) is 41.2 Å². The summed E-state index contributed by atoms with van der Waals surface area (Å²) in [5, 5.41) is 2.78. The molecule has 7 heteroatoms. The second-order valence-electron chi connectivity index (χ2n) is 6.06. The topological polar surface area (TPSA) is 63.6 Å². The van der Waals surface area contributed by atoms with E-state index in [2.05, 4.69) is 9.88 Å². The first-order valence-corrected chi connectivity index (χ1v) is 8.70. The molecule has 0 unspecified atom stereocenters. The maximum absolute atomic E-state index is 13.3. The van der Waals surface area contributed by atoms with Crippen LogP contribution in [0.15, 0.2) is 42.6 Å². The molecule has 0 aliphatic carbocycles. The van der Waals surface area contributed by atoms with E-state index in [0.717, 1.165) is 11.3 Å². The first-order chi connectivity index (χ1) is 12.6. The largest absolute Gasteiger partial charge is 0.466 e. The monoisotopic (exact) mass is 359 g/mol. The van der Waals surface area contributed by atoms with Gasteiger partial charge in [-0.25, -0.2) is 9.18 Å². The van der Waals surface area contributed by atoms with Crippen molar-refractivity contribution in [3.8, 4) is 0 Å². The van der Waals surface area contributed by atoms with E-state index in [1.54, 1.807) is 24.0 Å². The van der Waals surface area contributed by atoms with Crippen molar-refractivity contribution in [1.29, 1.82) is 0 Å². The number of ether oxygens (including phenoxy) is 1. The number of carbonyl (C=O) groups excluding carboxylic acids is 2. The Labute approximate surface area is 151 Å². The van der Waals surface area contributed by atoms with E-state index in [-0.39, 0.29) is 36.8 Å². The van der Waals surface area contributed by atoms with E-state index in [9.17, 15) is 14.0 Å². The van der Waals surface area contributed by atoms with Crippen molar-refractivity contribution in [3.05, 3.63) is 59.7 Å². The number of hydrogen-bond acceptors (Lipinski definition) is 3. The van der Waals surface area contributed by atoms with Crippen LogP contribution in [0.3, 0.4) is 0 Å². The van der Waals surface area contributed by atoms with Crippen molar-refractivity contribution in [2.75, 3.05) is 19.7 Å². The third kappa shape index (κ3) is 3.87. The summed E-state index contributed by atoms with van der Waals surface area (Å²) in [6.45, 7) is 3.49. The van der Waals surface area contributed by atoms with Gasteiger partial charge in [-0.05, 0) is 36.8 Å². The lowest BCUT2D eigenvalue weighted by atomic mass is 10.0. The van der Waals surface area contributed by atoms with Gasteiger partial charge in [-0.3, -0.25) is 4.79 Å². The van der Waals surface area contributed by atoms with Crippen molar-refractivity contribution in [1.82, 2.24) is 14.8 Å². The number of rotatable bonds is 5. The number of esters is 1. The van der Waals surface area contributed by atoms with Gasteiger partial charge in [0.25, 0.3) is 0 Å². The zero-order chi connectivity index (χ0) is 18.5. The molecular weight excluding hydrogens is 337 g/mol. The lowest BCUT2D eigenvalue weighted by Crippen LogP contribution is -2.47. The number of amides is 2. The maximum atomic E-state index is 13.3. The lowest BCUT2D eigenvalue weighted by molar-refractivity contribution is -0.142. The Kier molecular flexibility index (Phi) is 5.55. The molecule has 1 aliphatic rings. The van der Waals surface area contributed by atoms with Crippen molar-refractivity contribution in [2.24, 2.45) is 0 Å². The van der Waals surface area contributed by atoms with Crippen molar-refractivity contribution >= 4 is 12.0 Å². The van der Waals surface area contributed by atoms with Crippen LogP contribution in [0.2, 0.25) is 0 Å². The summed E-state index contributed by atoms with van der Waals surface area (Å²) in [5.41, 5.74) is 1.81. The standard InChI is InChI=1S/C19H22FN3O3/c1-2-26-17(24)9-10-21-19(25)23-13-12-22-11-3-4-16(22)18(23)14-5-7-15(20)8-6-14/h3-8,11,18H,2,9-10,12-13H2,1H3,(H,21,25)/t18-/m1/s1. The molecule has 1 aromatic heterocycles. The second-order valence-corrected chi connectivity index (χ2v) is 6.06. The van der Waals surface area contributed by atoms with Crippen molar-refractivity contribution in [3.63, 3.8) is 0 Å². The predicted molar refractivity (Wildman–Crippen MR) is 94.0 cm³/mol. The molecule has 138 valence electrons.